The van der Waals surface area contributed by atoms with E-state index in [-0.39, 0.29) is 24.2 Å². The van der Waals surface area contributed by atoms with Crippen molar-refractivity contribution in [2.75, 3.05) is 6.54 Å². The number of nitrogens with one attached hydrogen (secondary N) is 1. The molecular formula is C19H19FN2O2. The highest BCUT2D eigenvalue weighted by Crippen LogP contribution is 2.15. The van der Waals surface area contributed by atoms with Gasteiger partial charge in [-0.1, -0.05) is 30.3 Å². The monoisotopic (exact) mass is 326 g/mol. The number of likely N-dealkylation sites (tertiary alicyclic amines) is 1. The van der Waals surface area contributed by atoms with Gasteiger partial charge in [0.1, 0.15) is 5.82 Å². The topological polar surface area (TPSA) is 49.4 Å². The van der Waals surface area contributed by atoms with Crippen LogP contribution in [0.4, 0.5) is 4.39 Å². The number of benzene rings is 2. The Labute approximate surface area is 140 Å². The van der Waals surface area contributed by atoms with E-state index in [0.717, 1.165) is 18.5 Å². The van der Waals surface area contributed by atoms with Crippen LogP contribution in [-0.2, 0) is 17.9 Å². The van der Waals surface area contributed by atoms with Crippen molar-refractivity contribution in [3.8, 4) is 0 Å². The SMILES string of the molecule is O=C(NCc1ccccc1F)c1ccc(CN2CCCC2=O)cc1. The van der Waals surface area contributed by atoms with Crippen LogP contribution in [-0.4, -0.2) is 23.3 Å². The summed E-state index contributed by atoms with van der Waals surface area (Å²) < 4.78 is 13.5. The van der Waals surface area contributed by atoms with Gasteiger partial charge < -0.3 is 10.2 Å². The summed E-state index contributed by atoms with van der Waals surface area (Å²) in [7, 11) is 0. The number of carbonyl (C=O) groups is 2. The number of amides is 2. The fraction of sp³-hybridized carbons (Fsp3) is 0.263. The number of hydrogen-bond donors (Lipinski definition) is 1. The molecule has 3 rings (SSSR count). The van der Waals surface area contributed by atoms with Gasteiger partial charge in [-0.15, -0.1) is 0 Å². The molecule has 5 heteroatoms. The standard InChI is InChI=1S/C19H19FN2O2/c20-17-5-2-1-4-16(17)12-21-19(24)15-9-7-14(8-10-15)13-22-11-3-6-18(22)23/h1-2,4-5,7-10H,3,6,11-13H2,(H,21,24). The predicted octanol–water partition coefficient (Wildman–Crippen LogP) is 2.88. The Morgan fingerprint density at radius 2 is 1.88 bits per heavy atom. The molecular weight excluding hydrogens is 307 g/mol. The molecule has 1 saturated heterocycles. The van der Waals surface area contributed by atoms with Crippen molar-refractivity contribution in [3.63, 3.8) is 0 Å². The minimum absolute atomic E-state index is 0.148. The molecule has 0 aliphatic carbocycles. The normalized spacial score (nSPS) is 14.0. The third-order valence-corrected chi connectivity index (χ3v) is 4.16. The summed E-state index contributed by atoms with van der Waals surface area (Å²) in [6.45, 7) is 1.52. The predicted molar refractivity (Wildman–Crippen MR) is 88.7 cm³/mol. The van der Waals surface area contributed by atoms with Gasteiger partial charge in [0.25, 0.3) is 5.91 Å². The van der Waals surface area contributed by atoms with E-state index >= 15 is 0 Å². The molecule has 0 radical (unpaired) electrons. The second-order valence-electron chi connectivity index (χ2n) is 5.89. The van der Waals surface area contributed by atoms with Gasteiger partial charge in [0.05, 0.1) is 0 Å². The van der Waals surface area contributed by atoms with E-state index in [1.165, 1.54) is 6.07 Å². The van der Waals surface area contributed by atoms with Gasteiger partial charge in [0, 0.05) is 37.2 Å². The summed E-state index contributed by atoms with van der Waals surface area (Å²) in [5, 5.41) is 2.71. The smallest absolute Gasteiger partial charge is 0.251 e. The average molecular weight is 326 g/mol. The largest absolute Gasteiger partial charge is 0.348 e. The van der Waals surface area contributed by atoms with Crippen molar-refractivity contribution in [1.29, 1.82) is 0 Å². The highest BCUT2D eigenvalue weighted by atomic mass is 19.1. The van der Waals surface area contributed by atoms with Crippen molar-refractivity contribution in [3.05, 3.63) is 71.0 Å². The molecule has 0 spiro atoms. The van der Waals surface area contributed by atoms with Gasteiger partial charge in [-0.3, -0.25) is 9.59 Å². The van der Waals surface area contributed by atoms with Crippen LogP contribution >= 0.6 is 0 Å². The zero-order valence-electron chi connectivity index (χ0n) is 13.3. The molecule has 2 amide bonds. The first-order chi connectivity index (χ1) is 11.6. The van der Waals surface area contributed by atoms with Crippen molar-refractivity contribution in [2.24, 2.45) is 0 Å². The van der Waals surface area contributed by atoms with E-state index in [9.17, 15) is 14.0 Å². The maximum absolute atomic E-state index is 13.5. The fourth-order valence-corrected chi connectivity index (χ4v) is 2.77. The summed E-state index contributed by atoms with van der Waals surface area (Å²) in [5.41, 5.74) is 1.97. The number of hydrogen-bond acceptors (Lipinski definition) is 2. The van der Waals surface area contributed by atoms with Gasteiger partial charge in [-0.05, 0) is 30.2 Å². The lowest BCUT2D eigenvalue weighted by atomic mass is 10.1. The molecule has 0 atom stereocenters. The first kappa shape index (κ1) is 16.2. The van der Waals surface area contributed by atoms with Crippen LogP contribution in [0.5, 0.6) is 0 Å². The number of rotatable bonds is 5. The number of nitrogens with zero attached hydrogens (tertiary/aromatic N) is 1. The van der Waals surface area contributed by atoms with Crippen molar-refractivity contribution >= 4 is 11.8 Å². The van der Waals surface area contributed by atoms with Gasteiger partial charge in [0.2, 0.25) is 5.91 Å². The Bertz CT molecular complexity index is 743. The Kier molecular flexibility index (Phi) is 4.89. The molecule has 1 heterocycles. The lowest BCUT2D eigenvalue weighted by Crippen LogP contribution is -2.24. The van der Waals surface area contributed by atoms with Crippen molar-refractivity contribution in [2.45, 2.75) is 25.9 Å². The van der Waals surface area contributed by atoms with Crippen LogP contribution in [0, 0.1) is 5.82 Å². The minimum atomic E-state index is -0.330. The highest BCUT2D eigenvalue weighted by molar-refractivity contribution is 5.94. The maximum Gasteiger partial charge on any atom is 0.251 e. The van der Waals surface area contributed by atoms with Crippen LogP contribution < -0.4 is 5.32 Å². The molecule has 2 aromatic carbocycles. The Morgan fingerprint density at radius 1 is 1.12 bits per heavy atom. The van der Waals surface area contributed by atoms with Gasteiger partial charge >= 0.3 is 0 Å². The van der Waals surface area contributed by atoms with E-state index in [1.807, 2.05) is 17.0 Å². The van der Waals surface area contributed by atoms with Crippen molar-refractivity contribution in [1.82, 2.24) is 10.2 Å². The van der Waals surface area contributed by atoms with Gasteiger partial charge in [-0.25, -0.2) is 4.39 Å². The van der Waals surface area contributed by atoms with Gasteiger partial charge in [0.15, 0.2) is 0 Å². The summed E-state index contributed by atoms with van der Waals surface area (Å²) in [6, 6.07) is 13.5. The zero-order chi connectivity index (χ0) is 16.9. The second-order valence-corrected chi connectivity index (χ2v) is 5.89. The molecule has 0 bridgehead atoms. The van der Waals surface area contributed by atoms with E-state index in [4.69, 9.17) is 0 Å². The van der Waals surface area contributed by atoms with Crippen molar-refractivity contribution < 1.29 is 14.0 Å². The van der Waals surface area contributed by atoms with Crippen LogP contribution in [0.1, 0.15) is 34.3 Å². The molecule has 124 valence electrons. The van der Waals surface area contributed by atoms with E-state index in [0.29, 0.717) is 24.1 Å². The minimum Gasteiger partial charge on any atom is -0.348 e. The third kappa shape index (κ3) is 3.79. The molecule has 1 aliphatic rings. The molecule has 0 saturated carbocycles. The number of carbonyl (C=O) groups excluding carboxylic acids is 2. The fourth-order valence-electron chi connectivity index (χ4n) is 2.77. The first-order valence-corrected chi connectivity index (χ1v) is 8.02. The summed E-state index contributed by atoms with van der Waals surface area (Å²) in [5.74, 6) is -0.396. The Balaban J connectivity index is 1.57. The molecule has 0 aromatic heterocycles. The van der Waals surface area contributed by atoms with Crippen LogP contribution in [0.2, 0.25) is 0 Å². The quantitative estimate of drug-likeness (QED) is 0.918. The molecule has 1 fully saturated rings. The molecule has 4 nitrogen and oxygen atoms in total. The lowest BCUT2D eigenvalue weighted by Gasteiger charge is -2.15. The molecule has 0 unspecified atom stereocenters. The van der Waals surface area contributed by atoms with Gasteiger partial charge in [-0.2, -0.15) is 0 Å². The maximum atomic E-state index is 13.5. The first-order valence-electron chi connectivity index (χ1n) is 8.02. The van der Waals surface area contributed by atoms with Crippen LogP contribution in [0.25, 0.3) is 0 Å². The Hall–Kier alpha value is -2.69. The number of halogens is 1. The molecule has 2 aromatic rings. The van der Waals surface area contributed by atoms with E-state index < -0.39 is 0 Å². The second kappa shape index (κ2) is 7.25. The van der Waals surface area contributed by atoms with E-state index in [2.05, 4.69) is 5.32 Å². The molecule has 1 N–H and O–H groups in total. The lowest BCUT2D eigenvalue weighted by molar-refractivity contribution is -0.128. The Morgan fingerprint density at radius 3 is 2.54 bits per heavy atom. The van der Waals surface area contributed by atoms with E-state index in [1.54, 1.807) is 30.3 Å². The summed E-state index contributed by atoms with van der Waals surface area (Å²) >= 11 is 0. The summed E-state index contributed by atoms with van der Waals surface area (Å²) in [4.78, 5) is 25.6. The zero-order valence-corrected chi connectivity index (χ0v) is 13.3. The highest BCUT2D eigenvalue weighted by Gasteiger charge is 2.19. The molecule has 24 heavy (non-hydrogen) atoms. The average Bonchev–Trinajstić information content (AvgIpc) is 2.99. The third-order valence-electron chi connectivity index (χ3n) is 4.16. The summed E-state index contributed by atoms with van der Waals surface area (Å²) in [6.07, 6.45) is 1.53. The molecule has 1 aliphatic heterocycles. The van der Waals surface area contributed by atoms with Crippen LogP contribution in [0.15, 0.2) is 48.5 Å². The van der Waals surface area contributed by atoms with Crippen LogP contribution in [0.3, 0.4) is 0 Å².